The fourth-order valence-electron chi connectivity index (χ4n) is 5.93. The van der Waals surface area contributed by atoms with E-state index < -0.39 is 36.2 Å². The number of carbonyl (C=O) groups is 2. The van der Waals surface area contributed by atoms with Crippen LogP contribution in [0.2, 0.25) is 0 Å². The third kappa shape index (κ3) is 7.68. The van der Waals surface area contributed by atoms with Crippen LogP contribution >= 0.6 is 0 Å². The van der Waals surface area contributed by atoms with Crippen molar-refractivity contribution in [3.05, 3.63) is 71.6 Å². The summed E-state index contributed by atoms with van der Waals surface area (Å²) in [6.07, 6.45) is -2.31. The second-order valence-electron chi connectivity index (χ2n) is 11.4. The normalized spacial score (nSPS) is 15.6. The van der Waals surface area contributed by atoms with Crippen LogP contribution < -0.4 is 0 Å². The molecule has 0 aliphatic carbocycles. The highest BCUT2D eigenvalue weighted by Gasteiger charge is 2.33. The predicted molar refractivity (Wildman–Crippen MR) is 161 cm³/mol. The molecule has 43 heavy (non-hydrogen) atoms. The minimum absolute atomic E-state index is 0.112. The number of carboxylic acids is 1. The number of piperazine rings is 1. The lowest BCUT2D eigenvalue weighted by molar-refractivity contribution is -0.139. The van der Waals surface area contributed by atoms with Crippen LogP contribution in [0.4, 0.5) is 8.78 Å². The van der Waals surface area contributed by atoms with Crippen molar-refractivity contribution < 1.29 is 33.7 Å². The van der Waals surface area contributed by atoms with Gasteiger partial charge in [0.05, 0.1) is 18.6 Å². The molecule has 1 fully saturated rings. The molecule has 2 heterocycles. The van der Waals surface area contributed by atoms with Gasteiger partial charge >= 0.3 is 5.97 Å². The van der Waals surface area contributed by atoms with Crippen molar-refractivity contribution in [2.45, 2.75) is 64.7 Å². The lowest BCUT2D eigenvalue weighted by Crippen LogP contribution is -2.49. The molecule has 1 aliphatic heterocycles. The van der Waals surface area contributed by atoms with Crippen LogP contribution in [-0.4, -0.2) is 86.5 Å². The summed E-state index contributed by atoms with van der Waals surface area (Å²) in [5, 5.41) is 29.9. The van der Waals surface area contributed by atoms with E-state index in [4.69, 9.17) is 5.11 Å². The first kappa shape index (κ1) is 32.3. The van der Waals surface area contributed by atoms with E-state index in [1.807, 2.05) is 23.3 Å². The lowest BCUT2D eigenvalue weighted by Gasteiger charge is -2.34. The van der Waals surface area contributed by atoms with Gasteiger partial charge in [-0.05, 0) is 75.0 Å². The highest BCUT2D eigenvalue weighted by molar-refractivity contribution is 6.05. The van der Waals surface area contributed by atoms with Crippen molar-refractivity contribution in [1.82, 2.24) is 14.4 Å². The minimum Gasteiger partial charge on any atom is -0.481 e. The molecular weight excluding hydrogens is 556 g/mol. The number of carbonyl (C=O) groups excluding carboxylic acids is 1. The number of carboxylic acid groups (broad SMARTS) is 1. The molecule has 0 spiro atoms. The Balaban J connectivity index is 1.89. The Labute approximate surface area is 251 Å². The molecule has 232 valence electrons. The van der Waals surface area contributed by atoms with Gasteiger partial charge in [0.2, 0.25) is 0 Å². The number of hydrogen-bond acceptors (Lipinski definition) is 5. The number of aliphatic carboxylic acids is 1. The van der Waals surface area contributed by atoms with Gasteiger partial charge in [-0.15, -0.1) is 0 Å². The number of aromatic nitrogens is 1. The molecule has 8 nitrogen and oxygen atoms in total. The molecule has 2 aromatic carbocycles. The highest BCUT2D eigenvalue weighted by atomic mass is 19.1. The fourth-order valence-corrected chi connectivity index (χ4v) is 5.93. The molecule has 0 radical (unpaired) electrons. The summed E-state index contributed by atoms with van der Waals surface area (Å²) in [7, 11) is 0. The maximum atomic E-state index is 14.4. The Morgan fingerprint density at radius 1 is 0.837 bits per heavy atom. The van der Waals surface area contributed by atoms with Gasteiger partial charge in [-0.3, -0.25) is 9.59 Å². The Bertz CT molecular complexity index is 1400. The average molecular weight is 598 g/mol. The smallest absolute Gasteiger partial charge is 0.305 e. The van der Waals surface area contributed by atoms with Crippen LogP contribution in [0.5, 0.6) is 0 Å². The largest absolute Gasteiger partial charge is 0.481 e. The quantitative estimate of drug-likeness (QED) is 0.272. The van der Waals surface area contributed by atoms with Gasteiger partial charge in [0.15, 0.2) is 0 Å². The predicted octanol–water partition coefficient (Wildman–Crippen LogP) is 4.98. The van der Waals surface area contributed by atoms with E-state index in [-0.39, 0.29) is 31.2 Å². The second kappa shape index (κ2) is 14.2. The maximum Gasteiger partial charge on any atom is 0.305 e. The van der Waals surface area contributed by atoms with Gasteiger partial charge in [-0.1, -0.05) is 31.2 Å². The molecule has 1 amide bonds. The number of nitrogens with zero attached hydrogens (tertiary/aromatic N) is 3. The highest BCUT2D eigenvalue weighted by Crippen LogP contribution is 2.43. The van der Waals surface area contributed by atoms with Crippen molar-refractivity contribution in [3.63, 3.8) is 0 Å². The summed E-state index contributed by atoms with van der Waals surface area (Å²) in [6.45, 7) is 9.52. The number of aliphatic hydroxyl groups excluding tert-OH is 2. The molecule has 3 aromatic rings. The molecule has 1 saturated heterocycles. The van der Waals surface area contributed by atoms with Crippen molar-refractivity contribution in [2.75, 3.05) is 32.7 Å². The number of hydrogen-bond donors (Lipinski definition) is 3. The van der Waals surface area contributed by atoms with Gasteiger partial charge in [0.1, 0.15) is 17.3 Å². The van der Waals surface area contributed by atoms with Crippen LogP contribution in [0.1, 0.15) is 62.3 Å². The molecule has 4 rings (SSSR count). The van der Waals surface area contributed by atoms with Crippen LogP contribution in [0.3, 0.4) is 0 Å². The Hall–Kier alpha value is -3.60. The summed E-state index contributed by atoms with van der Waals surface area (Å²) >= 11 is 0. The number of likely N-dealkylation sites (N-methyl/N-ethyl adjacent to an activating group) is 1. The molecular formula is C33H41F2N3O5. The van der Waals surface area contributed by atoms with E-state index in [9.17, 15) is 28.6 Å². The number of benzene rings is 2. The molecule has 0 saturated carbocycles. The van der Waals surface area contributed by atoms with Crippen molar-refractivity contribution in [2.24, 2.45) is 0 Å². The first-order chi connectivity index (χ1) is 20.5. The first-order valence-electron chi connectivity index (χ1n) is 14.9. The van der Waals surface area contributed by atoms with Crippen LogP contribution in [-0.2, 0) is 11.2 Å². The van der Waals surface area contributed by atoms with Gasteiger partial charge in [0.25, 0.3) is 5.91 Å². The lowest BCUT2D eigenvalue weighted by atomic mass is 9.92. The molecule has 1 aromatic heterocycles. The molecule has 10 heteroatoms. The number of rotatable bonds is 12. The molecule has 0 bridgehead atoms. The van der Waals surface area contributed by atoms with E-state index in [2.05, 4.69) is 11.8 Å². The molecule has 0 unspecified atom stereocenters. The maximum absolute atomic E-state index is 14.4. The van der Waals surface area contributed by atoms with Crippen LogP contribution in [0.15, 0.2) is 48.5 Å². The van der Waals surface area contributed by atoms with Gasteiger partial charge < -0.3 is 29.7 Å². The summed E-state index contributed by atoms with van der Waals surface area (Å²) in [5.74, 6) is -2.14. The number of aliphatic hydroxyl groups is 2. The minimum atomic E-state index is -1.20. The molecule has 2 atom stereocenters. The second-order valence-corrected chi connectivity index (χ2v) is 11.4. The summed E-state index contributed by atoms with van der Waals surface area (Å²) in [4.78, 5) is 29.6. The topological polar surface area (TPSA) is 106 Å². The summed E-state index contributed by atoms with van der Waals surface area (Å²) in [5.41, 5.74) is 3.78. The van der Waals surface area contributed by atoms with Crippen molar-refractivity contribution in [3.8, 4) is 22.3 Å². The van der Waals surface area contributed by atoms with Crippen LogP contribution in [0, 0.1) is 11.6 Å². The standard InChI is InChI=1S/C33H41F2N3O5/c1-4-36-15-17-37(18-16-36)33(43)32-31(23-7-11-25(35)12-8-23)30(22-5-9-24(34)10-6-22)28(38(32)21(2)3)14-13-26(39)19-27(40)20-29(41)42/h5-12,21,26-27,39-40H,4,13-20H2,1-3H3,(H,41,42)/t26-,27-/m1/s1. The Kier molecular flexibility index (Phi) is 10.7. The van der Waals surface area contributed by atoms with E-state index >= 15 is 0 Å². The van der Waals surface area contributed by atoms with Crippen molar-refractivity contribution >= 4 is 11.9 Å². The van der Waals surface area contributed by atoms with E-state index in [1.54, 1.807) is 24.3 Å². The van der Waals surface area contributed by atoms with Crippen molar-refractivity contribution in [1.29, 1.82) is 0 Å². The third-order valence-electron chi connectivity index (χ3n) is 8.07. The molecule has 1 aliphatic rings. The van der Waals surface area contributed by atoms with E-state index in [0.29, 0.717) is 41.0 Å². The number of amides is 1. The first-order valence-corrected chi connectivity index (χ1v) is 14.9. The Morgan fingerprint density at radius 3 is 1.86 bits per heavy atom. The van der Waals surface area contributed by atoms with Gasteiger partial charge in [0, 0.05) is 49.0 Å². The zero-order valence-electron chi connectivity index (χ0n) is 25.0. The zero-order valence-corrected chi connectivity index (χ0v) is 25.0. The summed E-state index contributed by atoms with van der Waals surface area (Å²) < 4.78 is 30.1. The SMILES string of the molecule is CCN1CCN(C(=O)c2c(-c3ccc(F)cc3)c(-c3ccc(F)cc3)c(CC[C@@H](O)C[C@@H](O)CC(=O)O)n2C(C)C)CC1. The van der Waals surface area contributed by atoms with E-state index in [1.165, 1.54) is 24.3 Å². The summed E-state index contributed by atoms with van der Waals surface area (Å²) in [6, 6.07) is 11.8. The van der Waals surface area contributed by atoms with E-state index in [0.717, 1.165) is 25.3 Å². The van der Waals surface area contributed by atoms with Gasteiger partial charge in [-0.25, -0.2) is 8.78 Å². The van der Waals surface area contributed by atoms with Crippen LogP contribution in [0.25, 0.3) is 22.3 Å². The average Bonchev–Trinajstić information content (AvgIpc) is 3.31. The van der Waals surface area contributed by atoms with Gasteiger partial charge in [-0.2, -0.15) is 0 Å². The molecule has 3 N–H and O–H groups in total. The Morgan fingerprint density at radius 2 is 1.37 bits per heavy atom. The monoisotopic (exact) mass is 597 g/mol. The zero-order chi connectivity index (χ0) is 31.3. The fraction of sp³-hybridized carbons (Fsp3) is 0.455. The number of halogens is 2. The third-order valence-corrected chi connectivity index (χ3v) is 8.07.